The molecule has 5 heteroatoms. The molecule has 0 spiro atoms. The van der Waals surface area contributed by atoms with Gasteiger partial charge in [-0.25, -0.2) is 0 Å². The van der Waals surface area contributed by atoms with E-state index in [0.29, 0.717) is 6.54 Å². The Bertz CT molecular complexity index is 294. The van der Waals surface area contributed by atoms with Crippen molar-refractivity contribution < 1.29 is 4.79 Å². The molecule has 1 N–H and O–H groups in total. The van der Waals surface area contributed by atoms with E-state index in [2.05, 4.69) is 11.4 Å². The molecule has 1 fully saturated rings. The summed E-state index contributed by atoms with van der Waals surface area (Å²) in [6, 6.07) is 4.10. The van der Waals surface area contributed by atoms with Crippen LogP contribution in [-0.2, 0) is 4.79 Å². The smallest absolute Gasteiger partial charge is 0.235 e. The molecule has 1 aliphatic heterocycles. The summed E-state index contributed by atoms with van der Waals surface area (Å²) in [6.07, 6.45) is 1.67. The number of carbonyl (C=O) groups is 1. The summed E-state index contributed by atoms with van der Waals surface area (Å²) >= 11 is 0. The predicted octanol–water partition coefficient (Wildman–Crippen LogP) is -0.138. The van der Waals surface area contributed by atoms with Crippen LogP contribution >= 0.6 is 0 Å². The van der Waals surface area contributed by atoms with E-state index in [0.717, 1.165) is 25.9 Å². The summed E-state index contributed by atoms with van der Waals surface area (Å²) in [6.45, 7) is 1.98. The Morgan fingerprint density at radius 2 is 2.07 bits per heavy atom. The van der Waals surface area contributed by atoms with Gasteiger partial charge in [0.05, 0.1) is 18.7 Å². The number of carbonyl (C=O) groups excluding carboxylic acids is 1. The first-order chi connectivity index (χ1) is 7.26. The molecule has 1 rings (SSSR count). The van der Waals surface area contributed by atoms with Gasteiger partial charge < -0.3 is 5.32 Å². The van der Waals surface area contributed by atoms with Crippen LogP contribution in [0.5, 0.6) is 0 Å². The fraction of sp³-hybridized carbons (Fsp3) is 0.700. The van der Waals surface area contributed by atoms with Crippen LogP contribution in [0.2, 0.25) is 0 Å². The van der Waals surface area contributed by atoms with Crippen LogP contribution in [0.15, 0.2) is 0 Å². The predicted molar refractivity (Wildman–Crippen MR) is 53.4 cm³/mol. The van der Waals surface area contributed by atoms with Crippen molar-refractivity contribution >= 4 is 5.91 Å². The standard InChI is InChI=1S/C10H14N4O/c11-3-4-13-10(15)8-14-5-1-9(7-12)2-6-14/h9H,1-2,4-6,8H2,(H,13,15). The average molecular weight is 206 g/mol. The molecule has 0 saturated carbocycles. The van der Waals surface area contributed by atoms with Gasteiger partial charge in [-0.3, -0.25) is 9.69 Å². The van der Waals surface area contributed by atoms with Crippen LogP contribution in [0.25, 0.3) is 0 Å². The van der Waals surface area contributed by atoms with Crippen LogP contribution in [0.4, 0.5) is 0 Å². The van der Waals surface area contributed by atoms with Crippen LogP contribution in [0.1, 0.15) is 12.8 Å². The van der Waals surface area contributed by atoms with Gasteiger partial charge in [-0.2, -0.15) is 10.5 Å². The molecule has 15 heavy (non-hydrogen) atoms. The van der Waals surface area contributed by atoms with Crippen molar-refractivity contribution in [1.29, 1.82) is 10.5 Å². The first kappa shape index (κ1) is 11.5. The summed E-state index contributed by atoms with van der Waals surface area (Å²) in [7, 11) is 0. The third-order valence-electron chi connectivity index (χ3n) is 2.50. The molecule has 1 saturated heterocycles. The van der Waals surface area contributed by atoms with Crippen molar-refractivity contribution in [3.8, 4) is 12.1 Å². The van der Waals surface area contributed by atoms with Gasteiger partial charge in [0.15, 0.2) is 0 Å². The summed E-state index contributed by atoms with van der Waals surface area (Å²) in [4.78, 5) is 13.3. The molecular formula is C10H14N4O. The largest absolute Gasteiger partial charge is 0.342 e. The maximum absolute atomic E-state index is 11.3. The van der Waals surface area contributed by atoms with Gasteiger partial charge >= 0.3 is 0 Å². The molecule has 5 nitrogen and oxygen atoms in total. The van der Waals surface area contributed by atoms with Crippen molar-refractivity contribution in [3.63, 3.8) is 0 Å². The molecule has 1 heterocycles. The monoisotopic (exact) mass is 206 g/mol. The number of piperidine rings is 1. The molecule has 1 aliphatic rings. The van der Waals surface area contributed by atoms with Crippen LogP contribution in [0, 0.1) is 28.6 Å². The number of likely N-dealkylation sites (tertiary alicyclic amines) is 1. The summed E-state index contributed by atoms with van der Waals surface area (Å²) < 4.78 is 0. The Morgan fingerprint density at radius 1 is 1.40 bits per heavy atom. The second-order valence-corrected chi connectivity index (χ2v) is 3.61. The zero-order chi connectivity index (χ0) is 11.1. The van der Waals surface area contributed by atoms with Gasteiger partial charge in [0, 0.05) is 5.92 Å². The number of amides is 1. The SMILES string of the molecule is N#CCNC(=O)CN1CCC(C#N)CC1. The highest BCUT2D eigenvalue weighted by atomic mass is 16.2. The fourth-order valence-corrected chi connectivity index (χ4v) is 1.62. The second kappa shape index (κ2) is 6.00. The van der Waals surface area contributed by atoms with Gasteiger partial charge in [-0.15, -0.1) is 0 Å². The molecular weight excluding hydrogens is 192 g/mol. The Labute approximate surface area is 89.3 Å². The highest BCUT2D eigenvalue weighted by Crippen LogP contribution is 2.15. The van der Waals surface area contributed by atoms with Gasteiger partial charge in [0.1, 0.15) is 6.54 Å². The molecule has 0 radical (unpaired) electrons. The molecule has 1 amide bonds. The topological polar surface area (TPSA) is 79.9 Å². The fourth-order valence-electron chi connectivity index (χ4n) is 1.62. The average Bonchev–Trinajstić information content (AvgIpc) is 2.27. The highest BCUT2D eigenvalue weighted by molar-refractivity contribution is 5.78. The minimum Gasteiger partial charge on any atom is -0.342 e. The van der Waals surface area contributed by atoms with E-state index >= 15 is 0 Å². The maximum atomic E-state index is 11.3. The quantitative estimate of drug-likeness (QED) is 0.652. The number of nitriles is 2. The Kier molecular flexibility index (Phi) is 4.59. The lowest BCUT2D eigenvalue weighted by molar-refractivity contribution is -0.122. The molecule has 0 aromatic rings. The molecule has 0 bridgehead atoms. The van der Waals surface area contributed by atoms with Crippen molar-refractivity contribution in [2.24, 2.45) is 5.92 Å². The lowest BCUT2D eigenvalue weighted by atomic mass is 9.99. The lowest BCUT2D eigenvalue weighted by Gasteiger charge is -2.28. The zero-order valence-corrected chi connectivity index (χ0v) is 8.57. The van der Waals surface area contributed by atoms with Crippen molar-refractivity contribution in [3.05, 3.63) is 0 Å². The van der Waals surface area contributed by atoms with Crippen molar-refractivity contribution in [2.45, 2.75) is 12.8 Å². The normalized spacial score (nSPS) is 17.7. The van der Waals surface area contributed by atoms with E-state index in [4.69, 9.17) is 10.5 Å². The van der Waals surface area contributed by atoms with Crippen LogP contribution in [0.3, 0.4) is 0 Å². The second-order valence-electron chi connectivity index (χ2n) is 3.61. The number of hydrogen-bond donors (Lipinski definition) is 1. The number of nitrogens with zero attached hydrogens (tertiary/aromatic N) is 3. The van der Waals surface area contributed by atoms with E-state index in [9.17, 15) is 4.79 Å². The molecule has 80 valence electrons. The summed E-state index contributed by atoms with van der Waals surface area (Å²) in [5.41, 5.74) is 0. The minimum atomic E-state index is -0.119. The summed E-state index contributed by atoms with van der Waals surface area (Å²) in [5, 5.41) is 19.5. The van der Waals surface area contributed by atoms with E-state index in [1.165, 1.54) is 0 Å². The first-order valence-electron chi connectivity index (χ1n) is 5.02. The van der Waals surface area contributed by atoms with E-state index < -0.39 is 0 Å². The molecule has 0 aromatic heterocycles. The number of rotatable bonds is 3. The van der Waals surface area contributed by atoms with E-state index in [-0.39, 0.29) is 18.4 Å². The zero-order valence-electron chi connectivity index (χ0n) is 8.57. The first-order valence-corrected chi connectivity index (χ1v) is 5.02. The third-order valence-corrected chi connectivity index (χ3v) is 2.50. The Morgan fingerprint density at radius 3 is 2.60 bits per heavy atom. The van der Waals surface area contributed by atoms with Gasteiger partial charge in [0.25, 0.3) is 0 Å². The molecule has 0 aromatic carbocycles. The summed E-state index contributed by atoms with van der Waals surface area (Å²) in [5.74, 6) is 0.0235. The Balaban J connectivity index is 2.22. The van der Waals surface area contributed by atoms with Gasteiger partial charge in [0.2, 0.25) is 5.91 Å². The number of hydrogen-bond acceptors (Lipinski definition) is 4. The van der Waals surface area contributed by atoms with Crippen molar-refractivity contribution in [2.75, 3.05) is 26.2 Å². The molecule has 0 atom stereocenters. The third kappa shape index (κ3) is 3.97. The van der Waals surface area contributed by atoms with Crippen LogP contribution in [-0.4, -0.2) is 37.0 Å². The maximum Gasteiger partial charge on any atom is 0.235 e. The minimum absolute atomic E-state index is 0.0630. The van der Waals surface area contributed by atoms with Gasteiger partial charge in [-0.1, -0.05) is 0 Å². The van der Waals surface area contributed by atoms with E-state index in [1.54, 1.807) is 0 Å². The Hall–Kier alpha value is -1.59. The van der Waals surface area contributed by atoms with E-state index in [1.807, 2.05) is 11.0 Å². The molecule has 0 aliphatic carbocycles. The lowest BCUT2D eigenvalue weighted by Crippen LogP contribution is -2.41. The molecule has 0 unspecified atom stereocenters. The highest BCUT2D eigenvalue weighted by Gasteiger charge is 2.19. The van der Waals surface area contributed by atoms with Crippen LogP contribution < -0.4 is 5.32 Å². The number of nitrogens with one attached hydrogen (secondary N) is 1. The van der Waals surface area contributed by atoms with Crippen molar-refractivity contribution in [1.82, 2.24) is 10.2 Å². The van der Waals surface area contributed by atoms with Gasteiger partial charge in [-0.05, 0) is 25.9 Å².